The highest BCUT2D eigenvalue weighted by molar-refractivity contribution is 7.89. The third-order valence-corrected chi connectivity index (χ3v) is 4.55. The highest BCUT2D eigenvalue weighted by Gasteiger charge is 2.26. The van der Waals surface area contributed by atoms with Crippen molar-refractivity contribution in [2.24, 2.45) is 5.92 Å². The Morgan fingerprint density at radius 2 is 2.13 bits per heavy atom. The van der Waals surface area contributed by atoms with Crippen LogP contribution in [0.5, 0.6) is 0 Å². The van der Waals surface area contributed by atoms with Gasteiger partial charge >= 0.3 is 0 Å². The van der Waals surface area contributed by atoms with Gasteiger partial charge in [0.05, 0.1) is 5.75 Å². The summed E-state index contributed by atoms with van der Waals surface area (Å²) in [5, 5.41) is 3.24. The number of sulfonamides is 1. The number of nitrogens with one attached hydrogen (secondary N) is 1. The summed E-state index contributed by atoms with van der Waals surface area (Å²) >= 11 is 0. The Balaban J connectivity index is 2.52. The van der Waals surface area contributed by atoms with Gasteiger partial charge in [0.2, 0.25) is 10.0 Å². The van der Waals surface area contributed by atoms with Crippen LogP contribution in [-0.2, 0) is 10.0 Å². The Hall–Kier alpha value is -0.130. The van der Waals surface area contributed by atoms with Crippen molar-refractivity contribution < 1.29 is 8.42 Å². The summed E-state index contributed by atoms with van der Waals surface area (Å²) < 4.78 is 25.5. The molecule has 1 heterocycles. The van der Waals surface area contributed by atoms with Crippen molar-refractivity contribution in [2.75, 3.05) is 25.4 Å². The third kappa shape index (κ3) is 4.09. The zero-order valence-corrected chi connectivity index (χ0v) is 10.7. The van der Waals surface area contributed by atoms with Crippen LogP contribution in [0.1, 0.15) is 27.2 Å². The molecule has 0 aliphatic carbocycles. The van der Waals surface area contributed by atoms with Crippen LogP contribution in [0, 0.1) is 5.92 Å². The first-order valence-electron chi connectivity index (χ1n) is 5.63. The van der Waals surface area contributed by atoms with Crippen LogP contribution >= 0.6 is 0 Å². The average Bonchev–Trinajstić information content (AvgIpc) is 2.15. The van der Waals surface area contributed by atoms with Crippen molar-refractivity contribution in [2.45, 2.75) is 33.2 Å². The fraction of sp³-hybridized carbons (Fsp3) is 1.00. The van der Waals surface area contributed by atoms with Gasteiger partial charge in [0.1, 0.15) is 0 Å². The number of piperazine rings is 1. The first kappa shape index (κ1) is 12.9. The molecule has 4 nitrogen and oxygen atoms in total. The van der Waals surface area contributed by atoms with E-state index in [0.717, 1.165) is 13.0 Å². The zero-order valence-electron chi connectivity index (χ0n) is 9.86. The fourth-order valence-corrected chi connectivity index (χ4v) is 3.51. The fourth-order valence-electron chi connectivity index (χ4n) is 1.66. The second-order valence-corrected chi connectivity index (χ2v) is 6.80. The van der Waals surface area contributed by atoms with Gasteiger partial charge in [0.25, 0.3) is 0 Å². The van der Waals surface area contributed by atoms with Gasteiger partial charge in [-0.15, -0.1) is 0 Å². The first-order valence-corrected chi connectivity index (χ1v) is 7.24. The van der Waals surface area contributed by atoms with Crippen molar-refractivity contribution in [3.8, 4) is 0 Å². The lowest BCUT2D eigenvalue weighted by Crippen LogP contribution is -2.51. The minimum atomic E-state index is -3.02. The van der Waals surface area contributed by atoms with Crippen molar-refractivity contribution in [3.05, 3.63) is 0 Å². The van der Waals surface area contributed by atoms with Gasteiger partial charge in [0, 0.05) is 25.7 Å². The number of hydrogen-bond acceptors (Lipinski definition) is 3. The van der Waals surface area contributed by atoms with Gasteiger partial charge in [-0.25, -0.2) is 8.42 Å². The maximum absolute atomic E-state index is 11.9. The summed E-state index contributed by atoms with van der Waals surface area (Å²) in [5.41, 5.74) is 0. The van der Waals surface area contributed by atoms with E-state index in [2.05, 4.69) is 19.2 Å². The smallest absolute Gasteiger partial charge is 0.214 e. The molecule has 1 rings (SSSR count). The molecule has 1 saturated heterocycles. The lowest BCUT2D eigenvalue weighted by atomic mass is 10.2. The van der Waals surface area contributed by atoms with Crippen LogP contribution in [0.15, 0.2) is 0 Å². The molecule has 0 aromatic heterocycles. The second-order valence-electron chi connectivity index (χ2n) is 4.71. The highest BCUT2D eigenvalue weighted by Crippen LogP contribution is 2.10. The topological polar surface area (TPSA) is 49.4 Å². The summed E-state index contributed by atoms with van der Waals surface area (Å²) in [5.74, 6) is 0.734. The van der Waals surface area contributed by atoms with Gasteiger partial charge in [-0.05, 0) is 19.3 Å². The van der Waals surface area contributed by atoms with E-state index in [9.17, 15) is 8.42 Å². The minimum Gasteiger partial charge on any atom is -0.312 e. The van der Waals surface area contributed by atoms with Crippen molar-refractivity contribution in [1.29, 1.82) is 0 Å². The Morgan fingerprint density at radius 1 is 1.47 bits per heavy atom. The van der Waals surface area contributed by atoms with E-state index in [1.54, 1.807) is 4.31 Å². The molecule has 0 aromatic carbocycles. The molecule has 0 radical (unpaired) electrons. The lowest BCUT2D eigenvalue weighted by molar-refractivity contribution is 0.309. The molecule has 1 N–H and O–H groups in total. The van der Waals surface area contributed by atoms with Crippen LogP contribution in [-0.4, -0.2) is 44.2 Å². The van der Waals surface area contributed by atoms with Crippen LogP contribution < -0.4 is 5.32 Å². The van der Waals surface area contributed by atoms with Gasteiger partial charge < -0.3 is 5.32 Å². The van der Waals surface area contributed by atoms with Crippen molar-refractivity contribution in [1.82, 2.24) is 9.62 Å². The molecule has 1 atom stereocenters. The maximum atomic E-state index is 11.9. The van der Waals surface area contributed by atoms with E-state index in [0.29, 0.717) is 19.0 Å². The highest BCUT2D eigenvalue weighted by atomic mass is 32.2. The SMILES string of the molecule is CC(C)CCS(=O)(=O)N1CCN[C@H](C)C1. The largest absolute Gasteiger partial charge is 0.312 e. The van der Waals surface area contributed by atoms with Gasteiger partial charge in [0.15, 0.2) is 0 Å². The molecule has 0 saturated carbocycles. The Morgan fingerprint density at radius 3 is 2.67 bits per heavy atom. The van der Waals surface area contributed by atoms with E-state index in [1.807, 2.05) is 6.92 Å². The normalized spacial score (nSPS) is 24.7. The molecule has 0 unspecified atom stereocenters. The number of rotatable bonds is 4. The predicted octanol–water partition coefficient (Wildman–Crippen LogP) is 0.656. The molecule has 1 fully saturated rings. The van der Waals surface area contributed by atoms with E-state index >= 15 is 0 Å². The lowest BCUT2D eigenvalue weighted by Gasteiger charge is -2.31. The molecule has 90 valence electrons. The van der Waals surface area contributed by atoms with Crippen molar-refractivity contribution in [3.63, 3.8) is 0 Å². The first-order chi connectivity index (χ1) is 6.92. The number of hydrogen-bond donors (Lipinski definition) is 1. The van der Waals surface area contributed by atoms with Gasteiger partial charge in [-0.2, -0.15) is 4.31 Å². The van der Waals surface area contributed by atoms with E-state index < -0.39 is 10.0 Å². The molecular weight excluding hydrogens is 212 g/mol. The molecule has 0 aromatic rings. The second kappa shape index (κ2) is 5.27. The summed E-state index contributed by atoms with van der Waals surface area (Å²) in [7, 11) is -3.02. The van der Waals surface area contributed by atoms with Crippen molar-refractivity contribution >= 4 is 10.0 Å². The molecule has 0 bridgehead atoms. The predicted molar refractivity (Wildman–Crippen MR) is 62.3 cm³/mol. The maximum Gasteiger partial charge on any atom is 0.214 e. The molecule has 1 aliphatic rings. The summed E-state index contributed by atoms with van der Waals surface area (Å²) in [6.45, 7) is 8.11. The Labute approximate surface area is 93.1 Å². The molecule has 0 amide bonds. The van der Waals surface area contributed by atoms with Gasteiger partial charge in [-0.1, -0.05) is 13.8 Å². The Bertz CT molecular complexity index is 288. The molecular formula is C10H22N2O2S. The van der Waals surface area contributed by atoms with E-state index in [-0.39, 0.29) is 11.8 Å². The monoisotopic (exact) mass is 234 g/mol. The van der Waals surface area contributed by atoms with Crippen LogP contribution in [0.4, 0.5) is 0 Å². The van der Waals surface area contributed by atoms with Gasteiger partial charge in [-0.3, -0.25) is 0 Å². The minimum absolute atomic E-state index is 0.271. The standard InChI is InChI=1S/C10H22N2O2S/c1-9(2)4-7-15(13,14)12-6-5-11-10(3)8-12/h9-11H,4-8H2,1-3H3/t10-/m1/s1. The van der Waals surface area contributed by atoms with Crippen LogP contribution in [0.3, 0.4) is 0 Å². The van der Waals surface area contributed by atoms with E-state index in [1.165, 1.54) is 0 Å². The van der Waals surface area contributed by atoms with Crippen LogP contribution in [0.25, 0.3) is 0 Å². The van der Waals surface area contributed by atoms with E-state index in [4.69, 9.17) is 0 Å². The molecule has 1 aliphatic heterocycles. The summed E-state index contributed by atoms with van der Waals surface area (Å²) in [6, 6.07) is 0.271. The average molecular weight is 234 g/mol. The zero-order chi connectivity index (χ0) is 11.5. The van der Waals surface area contributed by atoms with Crippen LogP contribution in [0.2, 0.25) is 0 Å². The summed E-state index contributed by atoms with van der Waals surface area (Å²) in [6.07, 6.45) is 0.751. The summed E-state index contributed by atoms with van der Waals surface area (Å²) in [4.78, 5) is 0. The third-order valence-electron chi connectivity index (χ3n) is 2.68. The molecule has 15 heavy (non-hydrogen) atoms. The molecule has 5 heteroatoms. The number of nitrogens with zero attached hydrogens (tertiary/aromatic N) is 1. The quantitative estimate of drug-likeness (QED) is 0.777. The Kier molecular flexibility index (Phi) is 4.55. The molecule has 0 spiro atoms.